The number of hydrogen-bond donors (Lipinski definition) is 0. The summed E-state index contributed by atoms with van der Waals surface area (Å²) >= 11 is 0. The molecule has 0 radical (unpaired) electrons. The van der Waals surface area contributed by atoms with Crippen molar-refractivity contribution in [2.45, 2.75) is 12.8 Å². The highest BCUT2D eigenvalue weighted by molar-refractivity contribution is 5.96. The number of ether oxygens (including phenoxy) is 1. The third kappa shape index (κ3) is 4.11. The highest BCUT2D eigenvalue weighted by Gasteiger charge is 2.15. The summed E-state index contributed by atoms with van der Waals surface area (Å²) in [6, 6.07) is 21.5. The van der Waals surface area contributed by atoms with Gasteiger partial charge in [0.05, 0.1) is 7.11 Å². The van der Waals surface area contributed by atoms with Crippen LogP contribution in [0, 0.1) is 0 Å². The Morgan fingerprint density at radius 3 is 2.55 bits per heavy atom. The fourth-order valence-corrected chi connectivity index (χ4v) is 3.12. The maximum Gasteiger partial charge on any atom is 0.227 e. The Morgan fingerprint density at radius 1 is 1.03 bits per heavy atom. The summed E-state index contributed by atoms with van der Waals surface area (Å²) < 4.78 is 10.5. The first-order valence-electron chi connectivity index (χ1n) is 9.36. The molecule has 0 spiro atoms. The van der Waals surface area contributed by atoms with E-state index in [0.29, 0.717) is 18.1 Å². The average Bonchev–Trinajstić information content (AvgIpc) is 3.25. The van der Waals surface area contributed by atoms with E-state index < -0.39 is 0 Å². The highest BCUT2D eigenvalue weighted by atomic mass is 16.5. The van der Waals surface area contributed by atoms with Crippen molar-refractivity contribution in [3.8, 4) is 17.1 Å². The predicted octanol–water partition coefficient (Wildman–Crippen LogP) is 4.49. The molecule has 0 aliphatic rings. The standard InChI is InChI=1S/C23H21N3O3/c1-26(19-10-7-16-5-3-4-6-18(16)15-19)22(27)14-13-21-24-23(25-29-21)17-8-11-20(28-2)12-9-17/h3-12,15H,13-14H2,1-2H3. The maximum atomic E-state index is 12.6. The molecular formula is C23H21N3O3. The van der Waals surface area contributed by atoms with E-state index >= 15 is 0 Å². The van der Waals surface area contributed by atoms with Gasteiger partial charge >= 0.3 is 0 Å². The van der Waals surface area contributed by atoms with E-state index in [9.17, 15) is 4.79 Å². The summed E-state index contributed by atoms with van der Waals surface area (Å²) in [4.78, 5) is 18.7. The van der Waals surface area contributed by atoms with Crippen LogP contribution in [-0.2, 0) is 11.2 Å². The molecule has 3 aromatic carbocycles. The Hall–Kier alpha value is -3.67. The van der Waals surface area contributed by atoms with Crippen molar-refractivity contribution in [3.63, 3.8) is 0 Å². The molecule has 4 rings (SSSR count). The summed E-state index contributed by atoms with van der Waals surface area (Å²) in [6.07, 6.45) is 0.674. The van der Waals surface area contributed by atoms with Crippen molar-refractivity contribution >= 4 is 22.4 Å². The van der Waals surface area contributed by atoms with Crippen LogP contribution in [0.1, 0.15) is 12.3 Å². The first-order chi connectivity index (χ1) is 14.1. The monoisotopic (exact) mass is 387 g/mol. The Morgan fingerprint density at radius 2 is 1.79 bits per heavy atom. The second-order valence-electron chi connectivity index (χ2n) is 6.72. The van der Waals surface area contributed by atoms with Crippen LogP contribution in [0.25, 0.3) is 22.2 Å². The number of benzene rings is 3. The van der Waals surface area contributed by atoms with Crippen LogP contribution >= 0.6 is 0 Å². The Bertz CT molecular complexity index is 1140. The van der Waals surface area contributed by atoms with Gasteiger partial charge in [0.25, 0.3) is 0 Å². The topological polar surface area (TPSA) is 68.5 Å². The van der Waals surface area contributed by atoms with Gasteiger partial charge in [0.2, 0.25) is 17.6 Å². The summed E-state index contributed by atoms with van der Waals surface area (Å²) in [6.45, 7) is 0. The van der Waals surface area contributed by atoms with Gasteiger partial charge in [-0.05, 0) is 47.2 Å². The second kappa shape index (κ2) is 8.14. The number of carbonyl (C=O) groups excluding carboxylic acids is 1. The van der Waals surface area contributed by atoms with Crippen molar-refractivity contribution in [1.82, 2.24) is 10.1 Å². The largest absolute Gasteiger partial charge is 0.497 e. The summed E-state index contributed by atoms with van der Waals surface area (Å²) in [5, 5.41) is 6.25. The summed E-state index contributed by atoms with van der Waals surface area (Å²) in [7, 11) is 3.40. The molecule has 1 aromatic heterocycles. The zero-order chi connectivity index (χ0) is 20.2. The van der Waals surface area contributed by atoms with Gasteiger partial charge in [0.15, 0.2) is 0 Å². The van der Waals surface area contributed by atoms with Crippen LogP contribution in [0.3, 0.4) is 0 Å². The molecule has 29 heavy (non-hydrogen) atoms. The SMILES string of the molecule is COc1ccc(-c2noc(CCC(=O)N(C)c3ccc4ccccc4c3)n2)cc1. The van der Waals surface area contributed by atoms with E-state index in [1.807, 2.05) is 60.7 Å². The fraction of sp³-hybridized carbons (Fsp3) is 0.174. The number of amides is 1. The molecule has 146 valence electrons. The van der Waals surface area contributed by atoms with Gasteiger partial charge in [-0.1, -0.05) is 35.5 Å². The third-order valence-electron chi connectivity index (χ3n) is 4.86. The molecule has 0 N–H and O–H groups in total. The zero-order valence-electron chi connectivity index (χ0n) is 16.3. The number of aromatic nitrogens is 2. The van der Waals surface area contributed by atoms with Gasteiger partial charge < -0.3 is 14.2 Å². The van der Waals surface area contributed by atoms with Crippen LogP contribution in [0.2, 0.25) is 0 Å². The van der Waals surface area contributed by atoms with E-state index in [1.54, 1.807) is 19.1 Å². The lowest BCUT2D eigenvalue weighted by Crippen LogP contribution is -2.26. The molecule has 4 aromatic rings. The number of carbonyl (C=O) groups is 1. The normalized spacial score (nSPS) is 10.8. The fourth-order valence-electron chi connectivity index (χ4n) is 3.12. The number of aryl methyl sites for hydroxylation is 1. The lowest BCUT2D eigenvalue weighted by Gasteiger charge is -2.17. The number of hydrogen-bond acceptors (Lipinski definition) is 5. The molecule has 0 bridgehead atoms. The van der Waals surface area contributed by atoms with Crippen molar-refractivity contribution in [2.75, 3.05) is 19.1 Å². The summed E-state index contributed by atoms with van der Waals surface area (Å²) in [5.74, 6) is 1.69. The molecule has 1 amide bonds. The lowest BCUT2D eigenvalue weighted by molar-refractivity contribution is -0.118. The van der Waals surface area contributed by atoms with Crippen LogP contribution in [0.5, 0.6) is 5.75 Å². The number of methoxy groups -OCH3 is 1. The highest BCUT2D eigenvalue weighted by Crippen LogP contribution is 2.23. The van der Waals surface area contributed by atoms with Crippen molar-refractivity contribution in [1.29, 1.82) is 0 Å². The minimum Gasteiger partial charge on any atom is -0.497 e. The minimum absolute atomic E-state index is 0.00974. The molecule has 0 unspecified atom stereocenters. The van der Waals surface area contributed by atoms with Crippen LogP contribution in [0.4, 0.5) is 5.69 Å². The van der Waals surface area contributed by atoms with E-state index in [-0.39, 0.29) is 12.3 Å². The number of rotatable bonds is 6. The molecule has 0 saturated heterocycles. The van der Waals surface area contributed by atoms with Crippen LogP contribution in [0.15, 0.2) is 71.3 Å². The molecule has 0 atom stereocenters. The van der Waals surface area contributed by atoms with E-state index in [2.05, 4.69) is 16.2 Å². The van der Waals surface area contributed by atoms with Crippen LogP contribution in [-0.4, -0.2) is 30.2 Å². The predicted molar refractivity (Wildman–Crippen MR) is 112 cm³/mol. The molecule has 0 aliphatic heterocycles. The van der Waals surface area contributed by atoms with E-state index in [4.69, 9.17) is 9.26 Å². The number of anilines is 1. The molecular weight excluding hydrogens is 366 g/mol. The minimum atomic E-state index is -0.00974. The van der Waals surface area contributed by atoms with Crippen molar-refractivity contribution in [2.24, 2.45) is 0 Å². The molecule has 0 fully saturated rings. The first kappa shape index (κ1) is 18.7. The zero-order valence-corrected chi connectivity index (χ0v) is 16.3. The van der Waals surface area contributed by atoms with Gasteiger partial charge in [-0.25, -0.2) is 0 Å². The van der Waals surface area contributed by atoms with E-state index in [1.165, 1.54) is 0 Å². The third-order valence-corrected chi connectivity index (χ3v) is 4.86. The van der Waals surface area contributed by atoms with E-state index in [0.717, 1.165) is 27.8 Å². The second-order valence-corrected chi connectivity index (χ2v) is 6.72. The lowest BCUT2D eigenvalue weighted by atomic mass is 10.1. The average molecular weight is 387 g/mol. The van der Waals surface area contributed by atoms with Gasteiger partial charge in [-0.3, -0.25) is 4.79 Å². The maximum absolute atomic E-state index is 12.6. The molecule has 1 heterocycles. The van der Waals surface area contributed by atoms with Crippen molar-refractivity contribution in [3.05, 3.63) is 72.6 Å². The Balaban J connectivity index is 1.40. The summed E-state index contributed by atoms with van der Waals surface area (Å²) in [5.41, 5.74) is 1.69. The van der Waals surface area contributed by atoms with Crippen molar-refractivity contribution < 1.29 is 14.1 Å². The molecule has 0 aliphatic carbocycles. The van der Waals surface area contributed by atoms with Gasteiger partial charge in [-0.2, -0.15) is 4.98 Å². The van der Waals surface area contributed by atoms with Gasteiger partial charge in [0, 0.05) is 31.1 Å². The molecule has 0 saturated carbocycles. The molecule has 6 nitrogen and oxygen atoms in total. The van der Waals surface area contributed by atoms with Crippen LogP contribution < -0.4 is 9.64 Å². The smallest absolute Gasteiger partial charge is 0.227 e. The van der Waals surface area contributed by atoms with Gasteiger partial charge in [0.1, 0.15) is 5.75 Å². The first-order valence-corrected chi connectivity index (χ1v) is 9.36. The number of fused-ring (bicyclic) bond motifs is 1. The number of nitrogens with zero attached hydrogens (tertiary/aromatic N) is 3. The Kier molecular flexibility index (Phi) is 5.24. The molecule has 6 heteroatoms. The van der Waals surface area contributed by atoms with Gasteiger partial charge in [-0.15, -0.1) is 0 Å². The Labute approximate surface area is 168 Å². The quantitative estimate of drug-likeness (QED) is 0.487.